The average molecular weight is 281 g/mol. The number of carbonyl (C=O) groups is 1. The maximum Gasteiger partial charge on any atom is 0.234 e. The van der Waals surface area contributed by atoms with Crippen molar-refractivity contribution >= 4 is 5.91 Å². The predicted octanol–water partition coefficient (Wildman–Crippen LogP) is 1.80. The molecule has 0 aromatic carbocycles. The second-order valence-electron chi connectivity index (χ2n) is 7.44. The van der Waals surface area contributed by atoms with E-state index in [1.165, 1.54) is 45.1 Å². The second-order valence-corrected chi connectivity index (χ2v) is 7.44. The molecule has 1 heterocycles. The van der Waals surface area contributed by atoms with Gasteiger partial charge in [-0.15, -0.1) is 0 Å². The Morgan fingerprint density at radius 2 is 1.95 bits per heavy atom. The molecule has 116 valence electrons. The molecule has 1 aliphatic heterocycles. The van der Waals surface area contributed by atoms with E-state index < -0.39 is 0 Å². The van der Waals surface area contributed by atoms with Crippen LogP contribution in [0, 0.1) is 5.92 Å². The minimum absolute atomic E-state index is 0.111. The molecular weight excluding hydrogens is 250 g/mol. The average Bonchev–Trinajstić information content (AvgIpc) is 2.83. The molecule has 3 atom stereocenters. The van der Waals surface area contributed by atoms with Gasteiger partial charge in [-0.1, -0.05) is 12.8 Å². The van der Waals surface area contributed by atoms with E-state index in [1.807, 2.05) is 20.8 Å². The van der Waals surface area contributed by atoms with Crippen LogP contribution < -0.4 is 16.0 Å². The van der Waals surface area contributed by atoms with Gasteiger partial charge in [0, 0.05) is 17.6 Å². The molecule has 0 aromatic heterocycles. The maximum atomic E-state index is 11.9. The van der Waals surface area contributed by atoms with Crippen LogP contribution in [0.4, 0.5) is 0 Å². The van der Waals surface area contributed by atoms with Crippen LogP contribution in [0.1, 0.15) is 59.3 Å². The van der Waals surface area contributed by atoms with Gasteiger partial charge in [-0.2, -0.15) is 0 Å². The third-order valence-electron chi connectivity index (χ3n) is 4.47. The van der Waals surface area contributed by atoms with Crippen LogP contribution in [-0.4, -0.2) is 36.6 Å². The summed E-state index contributed by atoms with van der Waals surface area (Å²) in [5.41, 5.74) is -0.140. The van der Waals surface area contributed by atoms with Crippen LogP contribution in [-0.2, 0) is 4.79 Å². The number of nitrogens with one attached hydrogen (secondary N) is 3. The minimum atomic E-state index is -0.140. The van der Waals surface area contributed by atoms with Crippen molar-refractivity contribution in [1.29, 1.82) is 0 Å². The summed E-state index contributed by atoms with van der Waals surface area (Å²) >= 11 is 0. The van der Waals surface area contributed by atoms with Gasteiger partial charge in [0.05, 0.1) is 6.54 Å². The van der Waals surface area contributed by atoms with Gasteiger partial charge in [0.15, 0.2) is 0 Å². The number of carbonyl (C=O) groups excluding carboxylic acids is 1. The van der Waals surface area contributed by atoms with Crippen molar-refractivity contribution in [1.82, 2.24) is 16.0 Å². The highest BCUT2D eigenvalue weighted by Crippen LogP contribution is 2.31. The quantitative estimate of drug-likeness (QED) is 0.736. The van der Waals surface area contributed by atoms with E-state index >= 15 is 0 Å². The highest BCUT2D eigenvalue weighted by atomic mass is 16.2. The predicted molar refractivity (Wildman–Crippen MR) is 82.7 cm³/mol. The molecule has 20 heavy (non-hydrogen) atoms. The largest absolute Gasteiger partial charge is 0.350 e. The number of piperidine rings is 1. The lowest BCUT2D eigenvalue weighted by Crippen LogP contribution is -2.50. The molecule has 2 fully saturated rings. The Labute approximate surface area is 123 Å². The fourth-order valence-corrected chi connectivity index (χ4v) is 3.65. The lowest BCUT2D eigenvalue weighted by atomic mass is 9.88. The molecule has 0 aromatic rings. The standard InChI is InChI=1S/C16H31N3O/c1-16(2,3)19-15(20)11-18-14-9-6-7-12(14)13-8-4-5-10-17-13/h12-14,17-18H,4-11H2,1-3H3,(H,19,20). The monoisotopic (exact) mass is 281 g/mol. The van der Waals surface area contributed by atoms with E-state index in [1.54, 1.807) is 0 Å². The van der Waals surface area contributed by atoms with Gasteiger partial charge in [0.2, 0.25) is 5.91 Å². The summed E-state index contributed by atoms with van der Waals surface area (Å²) in [6, 6.07) is 1.17. The molecule has 1 saturated carbocycles. The number of rotatable bonds is 4. The van der Waals surface area contributed by atoms with Crippen LogP contribution in [0.25, 0.3) is 0 Å². The van der Waals surface area contributed by atoms with E-state index in [4.69, 9.17) is 0 Å². The lowest BCUT2D eigenvalue weighted by molar-refractivity contribution is -0.121. The Morgan fingerprint density at radius 1 is 1.15 bits per heavy atom. The van der Waals surface area contributed by atoms with Crippen LogP contribution >= 0.6 is 0 Å². The van der Waals surface area contributed by atoms with E-state index in [0.717, 1.165) is 0 Å². The summed E-state index contributed by atoms with van der Waals surface area (Å²) < 4.78 is 0. The summed E-state index contributed by atoms with van der Waals surface area (Å²) in [5, 5.41) is 10.2. The first-order valence-electron chi connectivity index (χ1n) is 8.23. The van der Waals surface area contributed by atoms with Gasteiger partial charge >= 0.3 is 0 Å². The third kappa shape index (κ3) is 4.74. The van der Waals surface area contributed by atoms with Gasteiger partial charge < -0.3 is 16.0 Å². The number of hydrogen-bond donors (Lipinski definition) is 3. The minimum Gasteiger partial charge on any atom is -0.350 e. The highest BCUT2D eigenvalue weighted by Gasteiger charge is 2.34. The summed E-state index contributed by atoms with van der Waals surface area (Å²) in [6.45, 7) is 7.68. The Kier molecular flexibility index (Phi) is 5.44. The van der Waals surface area contributed by atoms with Crippen molar-refractivity contribution in [2.75, 3.05) is 13.1 Å². The van der Waals surface area contributed by atoms with E-state index in [2.05, 4.69) is 16.0 Å². The van der Waals surface area contributed by atoms with Crippen molar-refractivity contribution in [3.63, 3.8) is 0 Å². The van der Waals surface area contributed by atoms with Gasteiger partial charge in [0.1, 0.15) is 0 Å². The van der Waals surface area contributed by atoms with Crippen molar-refractivity contribution < 1.29 is 4.79 Å². The SMILES string of the molecule is CC(C)(C)NC(=O)CNC1CCCC1C1CCCCN1. The molecule has 2 aliphatic rings. The number of hydrogen-bond acceptors (Lipinski definition) is 3. The fraction of sp³-hybridized carbons (Fsp3) is 0.938. The van der Waals surface area contributed by atoms with Crippen LogP contribution in [0.2, 0.25) is 0 Å². The highest BCUT2D eigenvalue weighted by molar-refractivity contribution is 5.78. The zero-order chi connectivity index (χ0) is 14.6. The number of amides is 1. The first kappa shape index (κ1) is 15.8. The Hall–Kier alpha value is -0.610. The molecule has 1 saturated heterocycles. The van der Waals surface area contributed by atoms with Crippen molar-refractivity contribution in [2.24, 2.45) is 5.92 Å². The second kappa shape index (κ2) is 6.90. The summed E-state index contributed by atoms with van der Waals surface area (Å²) in [6.07, 6.45) is 7.78. The fourth-order valence-electron chi connectivity index (χ4n) is 3.65. The Bertz CT molecular complexity index is 318. The normalized spacial score (nSPS) is 31.2. The zero-order valence-corrected chi connectivity index (χ0v) is 13.3. The van der Waals surface area contributed by atoms with Crippen LogP contribution in [0.15, 0.2) is 0 Å². The molecule has 3 unspecified atom stereocenters. The Morgan fingerprint density at radius 3 is 2.60 bits per heavy atom. The van der Waals surface area contributed by atoms with E-state index in [0.29, 0.717) is 24.5 Å². The molecule has 1 aliphatic carbocycles. The van der Waals surface area contributed by atoms with Gasteiger partial charge in [-0.05, 0) is 58.9 Å². The molecule has 0 spiro atoms. The Balaban J connectivity index is 1.77. The van der Waals surface area contributed by atoms with Gasteiger partial charge in [0.25, 0.3) is 0 Å². The van der Waals surface area contributed by atoms with Crippen molar-refractivity contribution in [3.8, 4) is 0 Å². The smallest absolute Gasteiger partial charge is 0.234 e. The summed E-state index contributed by atoms with van der Waals surface area (Å²) in [5.74, 6) is 0.817. The summed E-state index contributed by atoms with van der Waals surface area (Å²) in [7, 11) is 0. The lowest BCUT2D eigenvalue weighted by Gasteiger charge is -2.33. The van der Waals surface area contributed by atoms with Crippen molar-refractivity contribution in [3.05, 3.63) is 0 Å². The van der Waals surface area contributed by atoms with Gasteiger partial charge in [-0.25, -0.2) is 0 Å². The maximum absolute atomic E-state index is 11.9. The van der Waals surface area contributed by atoms with Crippen LogP contribution in [0.5, 0.6) is 0 Å². The molecule has 4 heteroatoms. The molecule has 0 radical (unpaired) electrons. The molecule has 0 bridgehead atoms. The van der Waals surface area contributed by atoms with Gasteiger partial charge in [-0.3, -0.25) is 4.79 Å². The topological polar surface area (TPSA) is 53.2 Å². The first-order chi connectivity index (χ1) is 9.46. The third-order valence-corrected chi connectivity index (χ3v) is 4.47. The van der Waals surface area contributed by atoms with E-state index in [-0.39, 0.29) is 11.4 Å². The molecule has 3 N–H and O–H groups in total. The molecule has 1 amide bonds. The van der Waals surface area contributed by atoms with E-state index in [9.17, 15) is 4.79 Å². The summed E-state index contributed by atoms with van der Waals surface area (Å²) in [4.78, 5) is 11.9. The molecule has 2 rings (SSSR count). The first-order valence-corrected chi connectivity index (χ1v) is 8.23. The van der Waals surface area contributed by atoms with Crippen LogP contribution in [0.3, 0.4) is 0 Å². The van der Waals surface area contributed by atoms with Crippen molar-refractivity contribution in [2.45, 2.75) is 76.9 Å². The molecule has 4 nitrogen and oxygen atoms in total. The zero-order valence-electron chi connectivity index (χ0n) is 13.3. The molecular formula is C16H31N3O.